The van der Waals surface area contributed by atoms with Crippen molar-refractivity contribution in [2.45, 2.75) is 296 Å². The lowest BCUT2D eigenvalue weighted by molar-refractivity contribution is -0.151. The standard InChI is InChI=1S/C52H98O6/c1-2-3-4-5-6-7-8-21-26-31-36-41-46-52(51(57)58,47-42-37-32-27-22-17-13-9-11-15-19-24-29-34-39-44-49(53)54)48-43-38-33-28-23-18-14-10-12-16-20-25-30-35-40-45-50(55)56/h9,11H,2-8,10,12-48H2,1H3,(H,53,54)(H,55,56)(H,57,58). The lowest BCUT2D eigenvalue weighted by Gasteiger charge is -2.30. The van der Waals surface area contributed by atoms with Gasteiger partial charge in [-0.05, 0) is 57.8 Å². The normalized spacial score (nSPS) is 12.7. The quantitative estimate of drug-likeness (QED) is 0.0416. The highest BCUT2D eigenvalue weighted by Crippen LogP contribution is 2.38. The van der Waals surface area contributed by atoms with E-state index < -0.39 is 23.3 Å². The van der Waals surface area contributed by atoms with Gasteiger partial charge >= 0.3 is 17.9 Å². The highest BCUT2D eigenvalue weighted by molar-refractivity contribution is 5.74. The molecule has 3 N–H and O–H groups in total. The zero-order valence-corrected chi connectivity index (χ0v) is 38.5. The van der Waals surface area contributed by atoms with E-state index in [1.54, 1.807) is 0 Å². The van der Waals surface area contributed by atoms with Crippen LogP contribution in [0.5, 0.6) is 0 Å². The maximum atomic E-state index is 12.9. The van der Waals surface area contributed by atoms with Crippen LogP contribution in [-0.4, -0.2) is 33.2 Å². The van der Waals surface area contributed by atoms with Crippen LogP contribution in [-0.2, 0) is 14.4 Å². The lowest BCUT2D eigenvalue weighted by atomic mass is 9.74. The minimum absolute atomic E-state index is 0.301. The molecule has 0 rings (SSSR count). The van der Waals surface area contributed by atoms with E-state index in [1.165, 1.54) is 186 Å². The van der Waals surface area contributed by atoms with Gasteiger partial charge in [0.2, 0.25) is 0 Å². The summed E-state index contributed by atoms with van der Waals surface area (Å²) in [6.45, 7) is 2.28. The average molecular weight is 819 g/mol. The summed E-state index contributed by atoms with van der Waals surface area (Å²) in [7, 11) is 0. The van der Waals surface area contributed by atoms with E-state index in [4.69, 9.17) is 10.2 Å². The van der Waals surface area contributed by atoms with Crippen molar-refractivity contribution in [1.29, 1.82) is 0 Å². The topological polar surface area (TPSA) is 112 Å². The smallest absolute Gasteiger partial charge is 0.309 e. The van der Waals surface area contributed by atoms with Crippen molar-refractivity contribution in [1.82, 2.24) is 0 Å². The molecule has 0 radical (unpaired) electrons. The minimum Gasteiger partial charge on any atom is -0.481 e. The third kappa shape index (κ3) is 40.9. The van der Waals surface area contributed by atoms with Crippen molar-refractivity contribution >= 4 is 17.9 Å². The predicted octanol–water partition coefficient (Wildman–Crippen LogP) is 17.4. The van der Waals surface area contributed by atoms with Crippen molar-refractivity contribution in [2.24, 2.45) is 5.41 Å². The van der Waals surface area contributed by atoms with Crippen LogP contribution in [0.3, 0.4) is 0 Å². The second-order valence-electron chi connectivity index (χ2n) is 18.3. The van der Waals surface area contributed by atoms with Gasteiger partial charge in [-0.25, -0.2) is 0 Å². The second kappa shape index (κ2) is 44.7. The molecule has 1 unspecified atom stereocenters. The van der Waals surface area contributed by atoms with Crippen LogP contribution in [0.4, 0.5) is 0 Å². The van der Waals surface area contributed by atoms with Crippen LogP contribution in [0.25, 0.3) is 0 Å². The van der Waals surface area contributed by atoms with Gasteiger partial charge in [0.25, 0.3) is 0 Å². The van der Waals surface area contributed by atoms with Crippen molar-refractivity contribution in [3.05, 3.63) is 12.2 Å². The van der Waals surface area contributed by atoms with Crippen LogP contribution in [0, 0.1) is 5.41 Å². The van der Waals surface area contributed by atoms with Gasteiger partial charge in [-0.3, -0.25) is 14.4 Å². The Balaban J connectivity index is 4.34. The van der Waals surface area contributed by atoms with Gasteiger partial charge < -0.3 is 15.3 Å². The first-order valence-electron chi connectivity index (χ1n) is 25.7. The molecule has 6 nitrogen and oxygen atoms in total. The summed E-state index contributed by atoms with van der Waals surface area (Å²) in [6.07, 6.45) is 56.7. The molecule has 0 bridgehead atoms. The largest absolute Gasteiger partial charge is 0.481 e. The number of rotatable bonds is 49. The Labute approximate surface area is 360 Å². The van der Waals surface area contributed by atoms with E-state index in [2.05, 4.69) is 19.1 Å². The molecule has 0 fully saturated rings. The highest BCUT2D eigenvalue weighted by Gasteiger charge is 2.36. The summed E-state index contributed by atoms with van der Waals surface area (Å²) in [5.74, 6) is -1.89. The van der Waals surface area contributed by atoms with Crippen molar-refractivity contribution in [2.75, 3.05) is 0 Å². The molecular weight excluding hydrogens is 721 g/mol. The Morgan fingerprint density at radius 2 is 0.552 bits per heavy atom. The van der Waals surface area contributed by atoms with Crippen molar-refractivity contribution in [3.8, 4) is 0 Å². The third-order valence-corrected chi connectivity index (χ3v) is 12.7. The summed E-state index contributed by atoms with van der Waals surface area (Å²) in [5, 5.41) is 28.1. The lowest BCUT2D eigenvalue weighted by Crippen LogP contribution is -2.31. The van der Waals surface area contributed by atoms with E-state index in [0.717, 1.165) is 89.9 Å². The summed E-state index contributed by atoms with van der Waals surface area (Å²) < 4.78 is 0. The fourth-order valence-electron chi connectivity index (χ4n) is 8.78. The molecule has 1 atom stereocenters. The van der Waals surface area contributed by atoms with Crippen molar-refractivity contribution < 1.29 is 29.7 Å². The molecule has 0 saturated heterocycles. The number of aliphatic carboxylic acids is 3. The average Bonchev–Trinajstić information content (AvgIpc) is 3.19. The van der Waals surface area contributed by atoms with Gasteiger partial charge in [-0.1, -0.05) is 237 Å². The molecule has 0 heterocycles. The zero-order chi connectivity index (χ0) is 42.5. The maximum Gasteiger partial charge on any atom is 0.309 e. The number of carboxylic acid groups (broad SMARTS) is 3. The Kier molecular flexibility index (Phi) is 43.3. The van der Waals surface area contributed by atoms with Crippen LogP contribution in [0.1, 0.15) is 296 Å². The summed E-state index contributed by atoms with van der Waals surface area (Å²) in [4.78, 5) is 34.1. The molecule has 0 aromatic heterocycles. The first-order chi connectivity index (χ1) is 28.3. The van der Waals surface area contributed by atoms with Gasteiger partial charge in [0.15, 0.2) is 0 Å². The van der Waals surface area contributed by atoms with E-state index in [1.807, 2.05) is 0 Å². The summed E-state index contributed by atoms with van der Waals surface area (Å²) in [6, 6.07) is 0. The maximum absolute atomic E-state index is 12.9. The van der Waals surface area contributed by atoms with Gasteiger partial charge in [0.1, 0.15) is 0 Å². The van der Waals surface area contributed by atoms with Gasteiger partial charge in [0, 0.05) is 12.8 Å². The zero-order valence-electron chi connectivity index (χ0n) is 38.5. The van der Waals surface area contributed by atoms with E-state index in [9.17, 15) is 19.5 Å². The van der Waals surface area contributed by atoms with Gasteiger partial charge in [-0.15, -0.1) is 0 Å². The Morgan fingerprint density at radius 1 is 0.328 bits per heavy atom. The van der Waals surface area contributed by atoms with E-state index in [-0.39, 0.29) is 0 Å². The van der Waals surface area contributed by atoms with E-state index >= 15 is 0 Å². The van der Waals surface area contributed by atoms with E-state index in [0.29, 0.717) is 12.8 Å². The van der Waals surface area contributed by atoms with Crippen LogP contribution in [0.15, 0.2) is 12.2 Å². The molecule has 0 aromatic rings. The number of hydrogen-bond acceptors (Lipinski definition) is 3. The highest BCUT2D eigenvalue weighted by atomic mass is 16.4. The van der Waals surface area contributed by atoms with Gasteiger partial charge in [-0.2, -0.15) is 0 Å². The molecule has 58 heavy (non-hydrogen) atoms. The minimum atomic E-state index is -0.683. The molecule has 0 aromatic carbocycles. The summed E-state index contributed by atoms with van der Waals surface area (Å²) in [5.41, 5.74) is -0.528. The second-order valence-corrected chi connectivity index (χ2v) is 18.3. The molecule has 0 aliphatic heterocycles. The first kappa shape index (κ1) is 56.1. The number of carboxylic acids is 3. The Morgan fingerprint density at radius 3 is 0.793 bits per heavy atom. The third-order valence-electron chi connectivity index (χ3n) is 12.7. The molecule has 0 spiro atoms. The number of unbranched alkanes of at least 4 members (excludes halogenated alkanes) is 36. The monoisotopic (exact) mass is 819 g/mol. The fourth-order valence-corrected chi connectivity index (χ4v) is 8.78. The molecule has 6 heteroatoms. The summed E-state index contributed by atoms with van der Waals surface area (Å²) >= 11 is 0. The SMILES string of the molecule is CCCCCCCCCCCCCCC(CCCCCCCCC=CCCCCCCCC(=O)O)(CCCCCCCCCCCCCCCCCC(=O)O)C(=O)O. The molecule has 0 amide bonds. The molecule has 0 aliphatic rings. The number of hydrogen-bond donors (Lipinski definition) is 3. The number of allylic oxidation sites excluding steroid dienone is 2. The van der Waals surface area contributed by atoms with Crippen molar-refractivity contribution in [3.63, 3.8) is 0 Å². The molecule has 0 aliphatic carbocycles. The molecule has 342 valence electrons. The fraction of sp³-hybridized carbons (Fsp3) is 0.904. The predicted molar refractivity (Wildman–Crippen MR) is 248 cm³/mol. The number of carbonyl (C=O) groups is 3. The van der Waals surface area contributed by atoms with Crippen LogP contribution >= 0.6 is 0 Å². The Hall–Kier alpha value is -1.85. The van der Waals surface area contributed by atoms with Crippen LogP contribution < -0.4 is 0 Å². The molecular formula is C52H98O6. The molecule has 0 saturated carbocycles. The van der Waals surface area contributed by atoms with Crippen LogP contribution in [0.2, 0.25) is 0 Å². The van der Waals surface area contributed by atoms with Gasteiger partial charge in [0.05, 0.1) is 5.41 Å². The Bertz CT molecular complexity index is 931. The first-order valence-corrected chi connectivity index (χ1v) is 25.7.